The number of para-hydroxylation sites is 2. The Morgan fingerprint density at radius 1 is 0.929 bits per heavy atom. The van der Waals surface area contributed by atoms with Gasteiger partial charge in [-0.3, -0.25) is 4.72 Å². The van der Waals surface area contributed by atoms with E-state index in [1.54, 1.807) is 6.07 Å². The van der Waals surface area contributed by atoms with Crippen molar-refractivity contribution in [3.05, 3.63) is 82.9 Å². The zero-order chi connectivity index (χ0) is 19.3. The van der Waals surface area contributed by atoms with Gasteiger partial charge in [0, 0.05) is 0 Å². The van der Waals surface area contributed by atoms with Gasteiger partial charge < -0.3 is 15.2 Å². The van der Waals surface area contributed by atoms with Crippen molar-refractivity contribution in [2.75, 3.05) is 5.32 Å². The van der Waals surface area contributed by atoms with Gasteiger partial charge in [-0.15, -0.1) is 0 Å². The predicted molar refractivity (Wildman–Crippen MR) is 114 cm³/mol. The Labute approximate surface area is 172 Å². The molecule has 0 unspecified atom stereocenters. The molecule has 7 heteroatoms. The van der Waals surface area contributed by atoms with Crippen LogP contribution in [0.4, 0.5) is 5.69 Å². The fourth-order valence-electron chi connectivity index (χ4n) is 2.69. The Kier molecular flexibility index (Phi) is 5.71. The average Bonchev–Trinajstić information content (AvgIpc) is 2.74. The zero-order valence-electron chi connectivity index (χ0n) is 14.9. The first-order valence-corrected chi connectivity index (χ1v) is 9.91. The van der Waals surface area contributed by atoms with Crippen LogP contribution in [-0.2, 0) is 13.2 Å². The Hall–Kier alpha value is -2.67. The van der Waals surface area contributed by atoms with Gasteiger partial charge in [0.1, 0.15) is 5.75 Å². The molecular formula is C21H18ClN3O2S. The van der Waals surface area contributed by atoms with E-state index in [0.717, 1.165) is 21.7 Å². The van der Waals surface area contributed by atoms with Crippen molar-refractivity contribution < 1.29 is 9.84 Å². The molecule has 1 aliphatic heterocycles. The van der Waals surface area contributed by atoms with Crippen LogP contribution in [0.2, 0.25) is 5.02 Å². The third-order valence-corrected chi connectivity index (χ3v) is 5.34. The van der Waals surface area contributed by atoms with Crippen LogP contribution >= 0.6 is 23.5 Å². The Morgan fingerprint density at radius 2 is 1.68 bits per heavy atom. The summed E-state index contributed by atoms with van der Waals surface area (Å²) in [4.78, 5) is 5.61. The fourth-order valence-corrected chi connectivity index (χ4v) is 3.59. The first-order chi connectivity index (χ1) is 13.7. The van der Waals surface area contributed by atoms with Gasteiger partial charge in [-0.25, -0.2) is 4.99 Å². The number of anilines is 1. The van der Waals surface area contributed by atoms with Gasteiger partial charge in [-0.1, -0.05) is 54.1 Å². The fraction of sp³-hybridized carbons (Fsp3) is 0.0952. The highest BCUT2D eigenvalue weighted by molar-refractivity contribution is 7.98. The predicted octanol–water partition coefficient (Wildman–Crippen LogP) is 5.20. The number of nitrogens with one attached hydrogen (secondary N) is 2. The minimum absolute atomic E-state index is 0.0412. The lowest BCUT2D eigenvalue weighted by atomic mass is 10.1. The highest BCUT2D eigenvalue weighted by Crippen LogP contribution is 2.40. The van der Waals surface area contributed by atoms with Crippen LogP contribution in [0.15, 0.2) is 76.6 Å². The topological polar surface area (TPSA) is 65.9 Å². The van der Waals surface area contributed by atoms with E-state index in [9.17, 15) is 0 Å². The van der Waals surface area contributed by atoms with Gasteiger partial charge >= 0.3 is 0 Å². The number of halogens is 1. The van der Waals surface area contributed by atoms with Gasteiger partial charge in [-0.2, -0.15) is 0 Å². The molecule has 0 atom stereocenters. The number of hydrogen-bond donors (Lipinski definition) is 3. The number of nitrogens with zero attached hydrogens (tertiary/aromatic N) is 1. The second-order valence-corrected chi connectivity index (χ2v) is 7.39. The summed E-state index contributed by atoms with van der Waals surface area (Å²) in [5, 5.41) is 13.0. The van der Waals surface area contributed by atoms with Crippen LogP contribution in [-0.4, -0.2) is 11.1 Å². The number of ether oxygens (including phenoxy) is 1. The van der Waals surface area contributed by atoms with Crippen molar-refractivity contribution in [2.45, 2.75) is 18.0 Å². The highest BCUT2D eigenvalue weighted by atomic mass is 35.5. The minimum atomic E-state index is 0.0412. The van der Waals surface area contributed by atoms with Crippen molar-refractivity contribution in [3.63, 3.8) is 0 Å². The number of aliphatic hydroxyl groups is 1. The number of hydrogen-bond acceptors (Lipinski definition) is 4. The van der Waals surface area contributed by atoms with E-state index >= 15 is 0 Å². The van der Waals surface area contributed by atoms with E-state index in [2.05, 4.69) is 15.0 Å². The molecule has 0 amide bonds. The normalized spacial score (nSPS) is 14.1. The van der Waals surface area contributed by atoms with Gasteiger partial charge in [0.2, 0.25) is 5.96 Å². The molecule has 0 saturated heterocycles. The number of benzene rings is 3. The van der Waals surface area contributed by atoms with E-state index in [1.807, 2.05) is 60.7 Å². The van der Waals surface area contributed by atoms with Crippen LogP contribution in [0.1, 0.15) is 11.1 Å². The molecule has 0 fully saturated rings. The number of rotatable bonds is 5. The smallest absolute Gasteiger partial charge is 0.206 e. The van der Waals surface area contributed by atoms with E-state index in [1.165, 1.54) is 11.9 Å². The van der Waals surface area contributed by atoms with Gasteiger partial charge in [0.25, 0.3) is 0 Å². The van der Waals surface area contributed by atoms with Gasteiger partial charge in [0.15, 0.2) is 5.75 Å². The molecule has 3 aromatic rings. The second kappa shape index (κ2) is 8.56. The van der Waals surface area contributed by atoms with Crippen molar-refractivity contribution >= 4 is 35.2 Å². The van der Waals surface area contributed by atoms with Crippen molar-refractivity contribution in [1.29, 1.82) is 0 Å². The van der Waals surface area contributed by atoms with Crippen molar-refractivity contribution in [2.24, 2.45) is 4.99 Å². The van der Waals surface area contributed by atoms with Crippen LogP contribution < -0.4 is 14.8 Å². The summed E-state index contributed by atoms with van der Waals surface area (Å²) >= 11 is 7.70. The maximum atomic E-state index is 9.13. The molecule has 0 spiro atoms. The maximum absolute atomic E-state index is 9.13. The molecule has 0 aliphatic carbocycles. The Balaban J connectivity index is 1.53. The van der Waals surface area contributed by atoms with E-state index in [0.29, 0.717) is 29.0 Å². The summed E-state index contributed by atoms with van der Waals surface area (Å²) in [6.45, 7) is 0.560. The molecule has 0 bridgehead atoms. The zero-order valence-corrected chi connectivity index (χ0v) is 16.4. The SMILES string of the molecule is OCc1ccc(CN=C2NSc3cccc(Oc4ccccc4Cl)c3N2)cc1. The molecule has 0 saturated carbocycles. The van der Waals surface area contributed by atoms with Gasteiger partial charge in [-0.05, 0) is 47.3 Å². The van der Waals surface area contributed by atoms with E-state index in [-0.39, 0.29) is 6.61 Å². The average molecular weight is 412 g/mol. The lowest BCUT2D eigenvalue weighted by Gasteiger charge is -2.23. The molecule has 1 aliphatic rings. The van der Waals surface area contributed by atoms with E-state index < -0.39 is 0 Å². The van der Waals surface area contributed by atoms with Crippen molar-refractivity contribution in [3.8, 4) is 11.5 Å². The standard InChI is InChI=1S/C21H18ClN3O2S/c22-16-4-1-2-5-17(16)27-18-6-3-7-19-20(18)24-21(25-28-19)23-12-14-8-10-15(13-26)11-9-14/h1-11,26H,12-13H2,(H2,23,24,25). The molecule has 1 heterocycles. The van der Waals surface area contributed by atoms with Crippen LogP contribution in [0.25, 0.3) is 0 Å². The number of aliphatic imine (C=N–C) groups is 1. The lowest BCUT2D eigenvalue weighted by molar-refractivity contribution is 0.282. The number of guanidine groups is 1. The van der Waals surface area contributed by atoms with Crippen molar-refractivity contribution in [1.82, 2.24) is 4.72 Å². The number of aliphatic hydroxyl groups excluding tert-OH is 1. The molecule has 28 heavy (non-hydrogen) atoms. The molecule has 5 nitrogen and oxygen atoms in total. The largest absolute Gasteiger partial charge is 0.454 e. The summed E-state index contributed by atoms with van der Waals surface area (Å²) in [5.41, 5.74) is 2.79. The second-order valence-electron chi connectivity index (χ2n) is 6.13. The van der Waals surface area contributed by atoms with E-state index in [4.69, 9.17) is 21.4 Å². The Morgan fingerprint density at radius 3 is 2.46 bits per heavy atom. The summed E-state index contributed by atoms with van der Waals surface area (Å²) in [6.07, 6.45) is 0. The molecule has 142 valence electrons. The first kappa shape index (κ1) is 18.7. The monoisotopic (exact) mass is 411 g/mol. The summed E-state index contributed by atoms with van der Waals surface area (Å²) in [6, 6.07) is 20.9. The van der Waals surface area contributed by atoms with Crippen LogP contribution in [0, 0.1) is 0 Å². The van der Waals surface area contributed by atoms with Crippen LogP contribution in [0.3, 0.4) is 0 Å². The lowest BCUT2D eigenvalue weighted by Crippen LogP contribution is -2.29. The molecule has 4 rings (SSSR count). The summed E-state index contributed by atoms with van der Waals surface area (Å²) in [7, 11) is 0. The Bertz CT molecular complexity index is 1010. The summed E-state index contributed by atoms with van der Waals surface area (Å²) in [5.74, 6) is 1.93. The summed E-state index contributed by atoms with van der Waals surface area (Å²) < 4.78 is 9.23. The third-order valence-electron chi connectivity index (χ3n) is 4.17. The molecule has 0 radical (unpaired) electrons. The maximum Gasteiger partial charge on any atom is 0.206 e. The van der Waals surface area contributed by atoms with Gasteiger partial charge in [0.05, 0.1) is 28.8 Å². The highest BCUT2D eigenvalue weighted by Gasteiger charge is 2.19. The first-order valence-electron chi connectivity index (χ1n) is 8.71. The number of fused-ring (bicyclic) bond motifs is 1. The molecule has 3 aromatic carbocycles. The quantitative estimate of drug-likeness (QED) is 0.503. The molecular weight excluding hydrogens is 394 g/mol. The van der Waals surface area contributed by atoms with Crippen LogP contribution in [0.5, 0.6) is 11.5 Å². The third kappa shape index (κ3) is 4.25. The molecule has 0 aromatic heterocycles. The minimum Gasteiger partial charge on any atom is -0.454 e. The molecule has 3 N–H and O–H groups in total.